The first kappa shape index (κ1) is 13.2. The Labute approximate surface area is 115 Å². The number of hydrogen-bond donors (Lipinski definition) is 2. The standard InChI is InChI=1S/C12H10F3N3OS/c13-12(14,15)11(3-4-11)18-9(19)6-1-2-7-8(5-6)20-10(16)17-7/h1-2,5H,3-4H2,(H2,16,17)(H,18,19). The molecule has 1 amide bonds. The van der Waals surface area contributed by atoms with Gasteiger partial charge < -0.3 is 11.1 Å². The largest absolute Gasteiger partial charge is 0.411 e. The molecule has 1 aliphatic rings. The summed E-state index contributed by atoms with van der Waals surface area (Å²) < 4.78 is 39.0. The lowest BCUT2D eigenvalue weighted by molar-refractivity contribution is -0.163. The van der Waals surface area contributed by atoms with Gasteiger partial charge in [-0.25, -0.2) is 4.98 Å². The molecule has 106 valence electrons. The van der Waals surface area contributed by atoms with Gasteiger partial charge in [-0.1, -0.05) is 11.3 Å². The van der Waals surface area contributed by atoms with Gasteiger partial charge in [0.05, 0.1) is 10.2 Å². The number of aromatic nitrogens is 1. The minimum absolute atomic E-state index is 0.0714. The average Bonchev–Trinajstić information content (AvgIpc) is 3.02. The Bertz CT molecular complexity index is 691. The number of nitrogens with one attached hydrogen (secondary N) is 1. The predicted molar refractivity (Wildman–Crippen MR) is 69.5 cm³/mol. The first-order chi connectivity index (χ1) is 9.31. The highest BCUT2D eigenvalue weighted by atomic mass is 32.1. The first-order valence-electron chi connectivity index (χ1n) is 5.86. The SMILES string of the molecule is Nc1nc2ccc(C(=O)NC3(C(F)(F)F)CC3)cc2s1. The van der Waals surface area contributed by atoms with Crippen LogP contribution in [-0.4, -0.2) is 22.6 Å². The number of nitrogens with zero attached hydrogens (tertiary/aromatic N) is 1. The predicted octanol–water partition coefficient (Wildman–Crippen LogP) is 2.70. The minimum atomic E-state index is -4.42. The van der Waals surface area contributed by atoms with Crippen LogP contribution in [0.5, 0.6) is 0 Å². The van der Waals surface area contributed by atoms with Gasteiger partial charge in [-0.05, 0) is 31.0 Å². The van der Waals surface area contributed by atoms with E-state index in [1.54, 1.807) is 6.07 Å². The van der Waals surface area contributed by atoms with Crippen molar-refractivity contribution in [2.45, 2.75) is 24.6 Å². The Morgan fingerprint density at radius 3 is 2.70 bits per heavy atom. The van der Waals surface area contributed by atoms with E-state index in [0.717, 1.165) is 0 Å². The molecule has 0 aliphatic heterocycles. The van der Waals surface area contributed by atoms with E-state index >= 15 is 0 Å². The van der Waals surface area contributed by atoms with Gasteiger partial charge in [-0.15, -0.1) is 0 Å². The summed E-state index contributed by atoms with van der Waals surface area (Å²) in [7, 11) is 0. The lowest BCUT2D eigenvalue weighted by Gasteiger charge is -2.20. The van der Waals surface area contributed by atoms with Crippen molar-refractivity contribution >= 4 is 32.6 Å². The molecule has 4 nitrogen and oxygen atoms in total. The van der Waals surface area contributed by atoms with Crippen molar-refractivity contribution in [3.05, 3.63) is 23.8 Å². The van der Waals surface area contributed by atoms with Crippen LogP contribution >= 0.6 is 11.3 Å². The van der Waals surface area contributed by atoms with Crippen molar-refractivity contribution < 1.29 is 18.0 Å². The number of carbonyl (C=O) groups is 1. The molecular formula is C12H10F3N3OS. The van der Waals surface area contributed by atoms with Crippen molar-refractivity contribution in [3.8, 4) is 0 Å². The van der Waals surface area contributed by atoms with Crippen LogP contribution in [0, 0.1) is 0 Å². The molecule has 0 atom stereocenters. The normalized spacial score (nSPS) is 17.1. The molecule has 1 fully saturated rings. The zero-order valence-electron chi connectivity index (χ0n) is 10.1. The Morgan fingerprint density at radius 2 is 2.10 bits per heavy atom. The van der Waals surface area contributed by atoms with Gasteiger partial charge in [0, 0.05) is 5.56 Å². The summed E-state index contributed by atoms with van der Waals surface area (Å²) in [5, 5.41) is 2.44. The summed E-state index contributed by atoms with van der Waals surface area (Å²) in [6.45, 7) is 0. The molecular weight excluding hydrogens is 291 g/mol. The summed E-state index contributed by atoms with van der Waals surface area (Å²) in [6, 6.07) is 4.53. The van der Waals surface area contributed by atoms with Gasteiger partial charge in [0.25, 0.3) is 5.91 Å². The summed E-state index contributed by atoms with van der Waals surface area (Å²) in [5.41, 5.74) is 4.30. The van der Waals surface area contributed by atoms with Crippen molar-refractivity contribution in [2.24, 2.45) is 0 Å². The third-order valence-corrected chi connectivity index (χ3v) is 4.16. The number of benzene rings is 1. The van der Waals surface area contributed by atoms with Crippen LogP contribution in [0.2, 0.25) is 0 Å². The van der Waals surface area contributed by atoms with E-state index in [1.807, 2.05) is 0 Å². The van der Waals surface area contributed by atoms with Crippen molar-refractivity contribution in [3.63, 3.8) is 0 Å². The molecule has 1 aliphatic carbocycles. The lowest BCUT2D eigenvalue weighted by atomic mass is 10.1. The van der Waals surface area contributed by atoms with Gasteiger partial charge in [0.2, 0.25) is 0 Å². The molecule has 3 N–H and O–H groups in total. The maximum Gasteiger partial charge on any atom is 0.411 e. The van der Waals surface area contributed by atoms with Gasteiger partial charge in [0.1, 0.15) is 5.54 Å². The molecule has 0 bridgehead atoms. The van der Waals surface area contributed by atoms with Gasteiger partial charge >= 0.3 is 6.18 Å². The van der Waals surface area contributed by atoms with Crippen LogP contribution in [0.4, 0.5) is 18.3 Å². The number of amides is 1. The fraction of sp³-hybridized carbons (Fsp3) is 0.333. The number of fused-ring (bicyclic) bond motifs is 1. The molecule has 1 saturated carbocycles. The van der Waals surface area contributed by atoms with E-state index in [0.29, 0.717) is 15.3 Å². The van der Waals surface area contributed by atoms with E-state index < -0.39 is 17.6 Å². The van der Waals surface area contributed by atoms with Gasteiger partial charge in [0.15, 0.2) is 5.13 Å². The number of rotatable bonds is 2. The summed E-state index contributed by atoms with van der Waals surface area (Å²) in [6.07, 6.45) is -4.56. The van der Waals surface area contributed by atoms with Gasteiger partial charge in [-0.3, -0.25) is 4.79 Å². The number of nitrogens with two attached hydrogens (primary N) is 1. The molecule has 8 heteroatoms. The Balaban J connectivity index is 1.86. The molecule has 0 spiro atoms. The second-order valence-electron chi connectivity index (χ2n) is 4.77. The number of anilines is 1. The molecule has 0 radical (unpaired) electrons. The Morgan fingerprint density at radius 1 is 1.40 bits per heavy atom. The minimum Gasteiger partial charge on any atom is -0.375 e. The number of thiazole rings is 1. The van der Waals surface area contributed by atoms with Crippen LogP contribution in [0.1, 0.15) is 23.2 Å². The average molecular weight is 301 g/mol. The summed E-state index contributed by atoms with van der Waals surface area (Å²) >= 11 is 1.19. The van der Waals surface area contributed by atoms with Crippen molar-refractivity contribution in [1.82, 2.24) is 10.3 Å². The first-order valence-corrected chi connectivity index (χ1v) is 6.68. The Hall–Kier alpha value is -1.83. The van der Waals surface area contributed by atoms with Crippen LogP contribution in [-0.2, 0) is 0 Å². The van der Waals surface area contributed by atoms with E-state index in [9.17, 15) is 18.0 Å². The number of alkyl halides is 3. The van der Waals surface area contributed by atoms with E-state index in [1.165, 1.54) is 23.5 Å². The molecule has 3 rings (SSSR count). The smallest absolute Gasteiger partial charge is 0.375 e. The van der Waals surface area contributed by atoms with Crippen LogP contribution in [0.3, 0.4) is 0 Å². The number of halogens is 3. The van der Waals surface area contributed by atoms with Crippen LogP contribution in [0.25, 0.3) is 10.2 Å². The monoisotopic (exact) mass is 301 g/mol. The quantitative estimate of drug-likeness (QED) is 0.896. The highest BCUT2D eigenvalue weighted by Crippen LogP contribution is 2.49. The van der Waals surface area contributed by atoms with Crippen LogP contribution < -0.4 is 11.1 Å². The number of hydrogen-bond acceptors (Lipinski definition) is 4. The zero-order chi connectivity index (χ0) is 14.5. The molecule has 2 aromatic rings. The molecule has 0 unspecified atom stereocenters. The highest BCUT2D eigenvalue weighted by molar-refractivity contribution is 7.22. The van der Waals surface area contributed by atoms with Crippen molar-refractivity contribution in [1.29, 1.82) is 0 Å². The number of carbonyl (C=O) groups excluding carboxylic acids is 1. The fourth-order valence-corrected chi connectivity index (χ4v) is 2.75. The topological polar surface area (TPSA) is 68.0 Å². The summed E-state index contributed by atoms with van der Waals surface area (Å²) in [5.74, 6) is -0.728. The molecule has 0 saturated heterocycles. The summed E-state index contributed by atoms with van der Waals surface area (Å²) in [4.78, 5) is 16.0. The van der Waals surface area contributed by atoms with Crippen LogP contribution in [0.15, 0.2) is 18.2 Å². The second-order valence-corrected chi connectivity index (χ2v) is 5.83. The fourth-order valence-electron chi connectivity index (χ4n) is 1.98. The maximum atomic E-state index is 12.8. The maximum absolute atomic E-state index is 12.8. The van der Waals surface area contributed by atoms with E-state index in [4.69, 9.17) is 5.73 Å². The molecule has 1 heterocycles. The van der Waals surface area contributed by atoms with E-state index in [2.05, 4.69) is 10.3 Å². The number of nitrogen functional groups attached to an aromatic ring is 1. The highest BCUT2D eigenvalue weighted by Gasteiger charge is 2.64. The molecule has 1 aromatic carbocycles. The second kappa shape index (κ2) is 4.08. The Kier molecular flexibility index (Phi) is 2.69. The molecule has 1 aromatic heterocycles. The van der Waals surface area contributed by atoms with Gasteiger partial charge in [-0.2, -0.15) is 13.2 Å². The third-order valence-electron chi connectivity index (χ3n) is 3.31. The third kappa shape index (κ3) is 2.09. The lowest BCUT2D eigenvalue weighted by Crippen LogP contribution is -2.47. The van der Waals surface area contributed by atoms with Crippen molar-refractivity contribution in [2.75, 3.05) is 5.73 Å². The van der Waals surface area contributed by atoms with E-state index in [-0.39, 0.29) is 18.4 Å². The molecule has 20 heavy (non-hydrogen) atoms. The zero-order valence-corrected chi connectivity index (χ0v) is 10.9.